The van der Waals surface area contributed by atoms with Gasteiger partial charge in [-0.1, -0.05) is 20.8 Å². The Kier molecular flexibility index (Phi) is 5.79. The van der Waals surface area contributed by atoms with Gasteiger partial charge in [0.1, 0.15) is 0 Å². The second-order valence-electron chi connectivity index (χ2n) is 8.26. The molecule has 1 aromatic carbocycles. The molecule has 2 aromatic heterocycles. The second-order valence-corrected chi connectivity index (χ2v) is 9.29. The van der Waals surface area contributed by atoms with Crippen LogP contribution in [-0.2, 0) is 17.3 Å². The maximum Gasteiger partial charge on any atom is 0.229 e. The van der Waals surface area contributed by atoms with Gasteiger partial charge in [-0.05, 0) is 23.8 Å². The lowest BCUT2D eigenvalue weighted by Gasteiger charge is -2.17. The number of amides is 1. The molecule has 2 atom stereocenters. The van der Waals surface area contributed by atoms with Crippen LogP contribution in [0.15, 0.2) is 30.6 Å². The highest BCUT2D eigenvalue weighted by Gasteiger charge is 2.34. The monoisotopic (exact) mass is 419 g/mol. The van der Waals surface area contributed by atoms with Crippen LogP contribution in [-0.4, -0.2) is 33.8 Å². The summed E-state index contributed by atoms with van der Waals surface area (Å²) >= 11 is 1.69. The van der Waals surface area contributed by atoms with Crippen molar-refractivity contribution in [3.8, 4) is 0 Å². The van der Waals surface area contributed by atoms with E-state index in [1.165, 1.54) is 0 Å². The highest BCUT2D eigenvalue weighted by atomic mass is 35.5. The van der Waals surface area contributed by atoms with E-state index in [4.69, 9.17) is 4.98 Å². The second kappa shape index (κ2) is 7.81. The minimum Gasteiger partial charge on any atom is -0.326 e. The van der Waals surface area contributed by atoms with Crippen molar-refractivity contribution in [1.29, 1.82) is 0 Å². The molecule has 0 unspecified atom stereocenters. The van der Waals surface area contributed by atoms with Gasteiger partial charge in [-0.15, -0.1) is 23.7 Å². The fraction of sp³-hybridized carbons (Fsp3) is 0.450. The number of rotatable bonds is 3. The SMILES string of the molecule is Cl.Cn1cc([C@H]2CNC[C@@H]2C(=O)Nc2ccc3nc(C(C)(C)C)sc3c2)cn1. The first kappa shape index (κ1) is 20.8. The Hall–Kier alpha value is -1.96. The molecule has 0 radical (unpaired) electrons. The summed E-state index contributed by atoms with van der Waals surface area (Å²) in [6.45, 7) is 7.98. The summed E-state index contributed by atoms with van der Waals surface area (Å²) in [6.07, 6.45) is 3.85. The topological polar surface area (TPSA) is 71.8 Å². The molecule has 0 saturated carbocycles. The van der Waals surface area contributed by atoms with Gasteiger partial charge in [-0.25, -0.2) is 4.98 Å². The molecule has 1 aliphatic rings. The number of fused-ring (bicyclic) bond motifs is 1. The largest absolute Gasteiger partial charge is 0.326 e. The standard InChI is InChI=1S/C20H25N5OS.ClH/c1-20(2,3)19-24-16-6-5-13(7-17(16)27-19)23-18(26)15-10-21-9-14(15)12-8-22-25(4)11-12;/h5-8,11,14-15,21H,9-10H2,1-4H3,(H,23,26);1H/t14-,15+;/m1./s1. The van der Waals surface area contributed by atoms with Gasteiger partial charge in [0.25, 0.3) is 0 Å². The summed E-state index contributed by atoms with van der Waals surface area (Å²) in [5.74, 6) is 0.101. The van der Waals surface area contributed by atoms with Crippen LogP contribution in [0.4, 0.5) is 5.69 Å². The van der Waals surface area contributed by atoms with Gasteiger partial charge in [0.2, 0.25) is 5.91 Å². The number of halogens is 1. The van der Waals surface area contributed by atoms with Gasteiger partial charge in [0.05, 0.1) is 27.3 Å². The summed E-state index contributed by atoms with van der Waals surface area (Å²) in [5, 5.41) is 11.8. The van der Waals surface area contributed by atoms with Gasteiger partial charge in [0.15, 0.2) is 0 Å². The molecule has 2 N–H and O–H groups in total. The zero-order valence-electron chi connectivity index (χ0n) is 16.5. The molecule has 3 aromatic rings. The van der Waals surface area contributed by atoms with Crippen LogP contribution in [0.1, 0.15) is 37.3 Å². The molecule has 1 saturated heterocycles. The quantitative estimate of drug-likeness (QED) is 0.679. The molecule has 8 heteroatoms. The van der Waals surface area contributed by atoms with Crippen molar-refractivity contribution in [2.45, 2.75) is 32.1 Å². The Labute approximate surface area is 175 Å². The first-order valence-electron chi connectivity index (χ1n) is 9.22. The molecule has 28 heavy (non-hydrogen) atoms. The van der Waals surface area contributed by atoms with Gasteiger partial charge in [0, 0.05) is 43.4 Å². The Bertz CT molecular complexity index is 990. The summed E-state index contributed by atoms with van der Waals surface area (Å²) < 4.78 is 2.89. The van der Waals surface area contributed by atoms with E-state index in [1.807, 2.05) is 37.6 Å². The van der Waals surface area contributed by atoms with Crippen LogP contribution in [0.2, 0.25) is 0 Å². The highest BCUT2D eigenvalue weighted by Crippen LogP contribution is 2.33. The lowest BCUT2D eigenvalue weighted by molar-refractivity contribution is -0.119. The minimum absolute atomic E-state index is 0. The normalized spacial score (nSPS) is 19.6. The molecule has 1 fully saturated rings. The van der Waals surface area contributed by atoms with Gasteiger partial charge < -0.3 is 10.6 Å². The van der Waals surface area contributed by atoms with E-state index in [-0.39, 0.29) is 35.6 Å². The number of hydrogen-bond acceptors (Lipinski definition) is 5. The number of carbonyl (C=O) groups is 1. The molecule has 150 valence electrons. The smallest absolute Gasteiger partial charge is 0.229 e. The number of aryl methyl sites for hydroxylation is 1. The predicted octanol–water partition coefficient (Wildman–Crippen LogP) is 3.69. The van der Waals surface area contributed by atoms with E-state index in [2.05, 4.69) is 36.5 Å². The Morgan fingerprint density at radius 3 is 2.79 bits per heavy atom. The molecule has 0 spiro atoms. The van der Waals surface area contributed by atoms with E-state index in [9.17, 15) is 4.79 Å². The first-order chi connectivity index (χ1) is 12.8. The van der Waals surface area contributed by atoms with Crippen molar-refractivity contribution in [3.05, 3.63) is 41.2 Å². The van der Waals surface area contributed by atoms with Crippen LogP contribution in [0.5, 0.6) is 0 Å². The molecule has 0 aliphatic carbocycles. The van der Waals surface area contributed by atoms with Crippen molar-refractivity contribution in [2.75, 3.05) is 18.4 Å². The molecular weight excluding hydrogens is 394 g/mol. The number of benzene rings is 1. The highest BCUT2D eigenvalue weighted by molar-refractivity contribution is 7.18. The van der Waals surface area contributed by atoms with Crippen molar-refractivity contribution in [3.63, 3.8) is 0 Å². The number of thiazole rings is 1. The predicted molar refractivity (Wildman–Crippen MR) is 117 cm³/mol. The lowest BCUT2D eigenvalue weighted by Crippen LogP contribution is -2.28. The summed E-state index contributed by atoms with van der Waals surface area (Å²) in [5.41, 5.74) is 2.95. The average molecular weight is 420 g/mol. The van der Waals surface area contributed by atoms with Gasteiger partial charge >= 0.3 is 0 Å². The Balaban J connectivity index is 0.00000225. The number of nitrogens with one attached hydrogen (secondary N) is 2. The summed E-state index contributed by atoms with van der Waals surface area (Å²) in [4.78, 5) is 17.6. The van der Waals surface area contributed by atoms with E-state index >= 15 is 0 Å². The van der Waals surface area contributed by atoms with Crippen LogP contribution < -0.4 is 10.6 Å². The molecule has 1 aliphatic heterocycles. The Morgan fingerprint density at radius 1 is 1.32 bits per heavy atom. The zero-order chi connectivity index (χ0) is 19.2. The van der Waals surface area contributed by atoms with Crippen LogP contribution in [0.25, 0.3) is 10.2 Å². The summed E-state index contributed by atoms with van der Waals surface area (Å²) in [7, 11) is 1.90. The molecule has 6 nitrogen and oxygen atoms in total. The molecule has 3 heterocycles. The van der Waals surface area contributed by atoms with E-state index < -0.39 is 0 Å². The molecule has 4 rings (SSSR count). The molecule has 1 amide bonds. The van der Waals surface area contributed by atoms with Crippen LogP contribution in [0.3, 0.4) is 0 Å². The van der Waals surface area contributed by atoms with Gasteiger partial charge in [-0.2, -0.15) is 5.10 Å². The number of hydrogen-bond donors (Lipinski definition) is 2. The number of carbonyl (C=O) groups excluding carboxylic acids is 1. The first-order valence-corrected chi connectivity index (χ1v) is 10.0. The van der Waals surface area contributed by atoms with Crippen molar-refractivity contribution >= 4 is 45.6 Å². The van der Waals surface area contributed by atoms with Crippen molar-refractivity contribution in [1.82, 2.24) is 20.1 Å². The van der Waals surface area contributed by atoms with Crippen molar-refractivity contribution < 1.29 is 4.79 Å². The molecule has 0 bridgehead atoms. The minimum atomic E-state index is -0.100. The van der Waals surface area contributed by atoms with E-state index in [1.54, 1.807) is 16.0 Å². The summed E-state index contributed by atoms with van der Waals surface area (Å²) in [6, 6.07) is 5.96. The third-order valence-electron chi connectivity index (χ3n) is 5.00. The maximum atomic E-state index is 12.9. The third kappa shape index (κ3) is 4.06. The fourth-order valence-corrected chi connectivity index (χ4v) is 4.56. The average Bonchev–Trinajstić information content (AvgIpc) is 3.31. The fourth-order valence-electron chi connectivity index (χ4n) is 3.49. The Morgan fingerprint density at radius 2 is 2.11 bits per heavy atom. The van der Waals surface area contributed by atoms with Crippen LogP contribution >= 0.6 is 23.7 Å². The van der Waals surface area contributed by atoms with E-state index in [0.717, 1.165) is 33.0 Å². The van der Waals surface area contributed by atoms with Gasteiger partial charge in [-0.3, -0.25) is 9.48 Å². The number of nitrogens with zero attached hydrogens (tertiary/aromatic N) is 3. The maximum absolute atomic E-state index is 12.9. The number of aromatic nitrogens is 3. The molecular formula is C20H26ClN5OS. The van der Waals surface area contributed by atoms with Crippen LogP contribution in [0, 0.1) is 5.92 Å². The van der Waals surface area contributed by atoms with Crippen molar-refractivity contribution in [2.24, 2.45) is 13.0 Å². The zero-order valence-corrected chi connectivity index (χ0v) is 18.2. The van der Waals surface area contributed by atoms with E-state index in [0.29, 0.717) is 6.54 Å². The third-order valence-corrected chi connectivity index (χ3v) is 6.45. The number of anilines is 1. The lowest BCUT2D eigenvalue weighted by atomic mass is 9.90.